The first-order valence-corrected chi connectivity index (χ1v) is 10.9. The molecule has 1 aliphatic rings. The second kappa shape index (κ2) is 7.38. The number of hydrogen-bond acceptors (Lipinski definition) is 6. The van der Waals surface area contributed by atoms with Crippen molar-refractivity contribution in [1.82, 2.24) is 4.72 Å². The molecule has 1 N–H and O–H groups in total. The molecule has 1 aliphatic heterocycles. The number of nitrogens with one attached hydrogen (secondary N) is 1. The first kappa shape index (κ1) is 19.8. The van der Waals surface area contributed by atoms with Crippen LogP contribution < -0.4 is 9.62 Å². The van der Waals surface area contributed by atoms with Gasteiger partial charge in [-0.15, -0.1) is 0 Å². The van der Waals surface area contributed by atoms with Crippen molar-refractivity contribution in [2.45, 2.75) is 36.3 Å². The van der Waals surface area contributed by atoms with Gasteiger partial charge in [-0.2, -0.15) is 0 Å². The van der Waals surface area contributed by atoms with E-state index in [-0.39, 0.29) is 10.6 Å². The van der Waals surface area contributed by atoms with Crippen molar-refractivity contribution in [2.24, 2.45) is 0 Å². The first-order chi connectivity index (χ1) is 11.7. The Kier molecular flexibility index (Phi) is 5.85. The summed E-state index contributed by atoms with van der Waals surface area (Å²) < 4.78 is 38.0. The summed E-state index contributed by atoms with van der Waals surface area (Å²) in [5, 5.41) is 11.5. The summed E-state index contributed by atoms with van der Waals surface area (Å²) in [5.41, 5.74) is 0.105. The van der Waals surface area contributed by atoms with Crippen LogP contribution in [0.25, 0.3) is 0 Å². The molecule has 1 aromatic carbocycles. The van der Waals surface area contributed by atoms with Crippen molar-refractivity contribution in [3.05, 3.63) is 28.3 Å². The third-order valence-corrected chi connectivity index (χ3v) is 8.50. The molecule has 0 aromatic heterocycles. The standard InChI is InChI=1S/C15H23N3O5S2/c1-4-15(5-2)11-17(8-9-24(15)21)13-7-6-12(25(22,23)16-3)10-14(13)18(19)20/h6-7,10,16H,4-5,8-9,11H2,1-3H3. The molecule has 25 heavy (non-hydrogen) atoms. The smallest absolute Gasteiger partial charge is 0.293 e. The molecule has 0 amide bonds. The maximum absolute atomic E-state index is 12.5. The van der Waals surface area contributed by atoms with Gasteiger partial charge >= 0.3 is 0 Å². The van der Waals surface area contributed by atoms with Gasteiger partial charge in [0.15, 0.2) is 0 Å². The third-order valence-electron chi connectivity index (χ3n) is 4.86. The van der Waals surface area contributed by atoms with E-state index in [1.54, 1.807) is 0 Å². The van der Waals surface area contributed by atoms with Crippen LogP contribution in [-0.2, 0) is 20.8 Å². The topological polar surface area (TPSA) is 110 Å². The lowest BCUT2D eigenvalue weighted by Crippen LogP contribution is -2.53. The van der Waals surface area contributed by atoms with Crippen LogP contribution in [0.1, 0.15) is 26.7 Å². The van der Waals surface area contributed by atoms with Crippen molar-refractivity contribution in [2.75, 3.05) is 30.8 Å². The summed E-state index contributed by atoms with van der Waals surface area (Å²) in [5.74, 6) is 0.440. The Labute approximate surface area is 150 Å². The predicted molar refractivity (Wildman–Crippen MR) is 97.9 cm³/mol. The fourth-order valence-corrected chi connectivity index (χ4v) is 5.62. The van der Waals surface area contributed by atoms with Gasteiger partial charge in [0.1, 0.15) is 5.69 Å². The summed E-state index contributed by atoms with van der Waals surface area (Å²) in [6.45, 7) is 4.84. The molecule has 0 radical (unpaired) electrons. The second-order valence-corrected chi connectivity index (χ2v) is 9.83. The minimum atomic E-state index is -3.76. The SMILES string of the molecule is CCC1(CC)CN(c2ccc(S(=O)(=O)NC)cc2[N+](=O)[O-])CCS1=O. The quantitative estimate of drug-likeness (QED) is 0.585. The van der Waals surface area contributed by atoms with Gasteiger partial charge in [0.05, 0.1) is 14.6 Å². The van der Waals surface area contributed by atoms with Crippen molar-refractivity contribution in [1.29, 1.82) is 0 Å². The molecule has 1 unspecified atom stereocenters. The van der Waals surface area contributed by atoms with Crippen LogP contribution >= 0.6 is 0 Å². The van der Waals surface area contributed by atoms with Gasteiger partial charge < -0.3 is 4.90 Å². The molecule has 0 aliphatic carbocycles. The summed E-state index contributed by atoms with van der Waals surface area (Å²) in [7, 11) is -3.49. The maximum Gasteiger partial charge on any atom is 0.293 e. The highest BCUT2D eigenvalue weighted by Gasteiger charge is 2.40. The van der Waals surface area contributed by atoms with Crippen molar-refractivity contribution >= 4 is 32.2 Å². The molecule has 10 heteroatoms. The maximum atomic E-state index is 12.5. The number of nitrogens with zero attached hydrogens (tertiary/aromatic N) is 2. The van der Waals surface area contributed by atoms with Gasteiger partial charge in [-0.25, -0.2) is 13.1 Å². The van der Waals surface area contributed by atoms with E-state index in [0.717, 1.165) is 6.07 Å². The summed E-state index contributed by atoms with van der Waals surface area (Å²) in [6, 6.07) is 3.90. The van der Waals surface area contributed by atoms with Gasteiger partial charge in [-0.1, -0.05) is 13.8 Å². The zero-order valence-corrected chi connectivity index (χ0v) is 16.2. The van der Waals surface area contributed by atoms with Gasteiger partial charge in [-0.3, -0.25) is 14.3 Å². The lowest BCUT2D eigenvalue weighted by Gasteiger charge is -2.42. The van der Waals surface area contributed by atoms with E-state index in [4.69, 9.17) is 0 Å². The van der Waals surface area contributed by atoms with Gasteiger partial charge in [-0.05, 0) is 32.0 Å². The molecule has 8 nitrogen and oxygen atoms in total. The highest BCUT2D eigenvalue weighted by Crippen LogP contribution is 2.36. The number of benzene rings is 1. The molecule has 1 saturated heterocycles. The van der Waals surface area contributed by atoms with Crippen LogP contribution in [0, 0.1) is 10.1 Å². The third kappa shape index (κ3) is 3.70. The molecule has 1 atom stereocenters. The predicted octanol–water partition coefficient (Wildman–Crippen LogP) is 1.63. The zero-order chi connectivity index (χ0) is 18.8. The first-order valence-electron chi connectivity index (χ1n) is 8.06. The van der Waals surface area contributed by atoms with Crippen molar-refractivity contribution < 1.29 is 17.6 Å². The van der Waals surface area contributed by atoms with Crippen LogP contribution in [0.4, 0.5) is 11.4 Å². The molecule has 0 bridgehead atoms. The Bertz CT molecular complexity index is 790. The Balaban J connectivity index is 2.49. The average molecular weight is 389 g/mol. The summed E-state index contributed by atoms with van der Waals surface area (Å²) in [4.78, 5) is 12.6. The number of sulfonamides is 1. The number of nitro benzene ring substituents is 1. The fraction of sp³-hybridized carbons (Fsp3) is 0.600. The molecule has 2 rings (SSSR count). The van der Waals surface area contributed by atoms with Crippen molar-refractivity contribution in [3.63, 3.8) is 0 Å². The van der Waals surface area contributed by atoms with Crippen LogP contribution in [0.2, 0.25) is 0 Å². The van der Waals surface area contributed by atoms with E-state index in [0.29, 0.717) is 37.4 Å². The largest absolute Gasteiger partial charge is 0.364 e. The van der Waals surface area contributed by atoms with E-state index in [1.807, 2.05) is 18.7 Å². The molecular weight excluding hydrogens is 366 g/mol. The van der Waals surface area contributed by atoms with Crippen LogP contribution in [0.5, 0.6) is 0 Å². The van der Waals surface area contributed by atoms with E-state index in [1.165, 1.54) is 19.2 Å². The lowest BCUT2D eigenvalue weighted by atomic mass is 10.0. The van der Waals surface area contributed by atoms with Crippen molar-refractivity contribution in [3.8, 4) is 0 Å². The highest BCUT2D eigenvalue weighted by atomic mass is 32.2. The molecule has 140 valence electrons. The van der Waals surface area contributed by atoms with E-state index >= 15 is 0 Å². The Morgan fingerprint density at radius 1 is 1.36 bits per heavy atom. The molecule has 0 saturated carbocycles. The fourth-order valence-electron chi connectivity index (χ4n) is 3.11. The Hall–Kier alpha value is -1.52. The highest BCUT2D eigenvalue weighted by molar-refractivity contribution is 7.89. The summed E-state index contributed by atoms with van der Waals surface area (Å²) >= 11 is 0. The van der Waals surface area contributed by atoms with E-state index < -0.39 is 30.5 Å². The number of hydrogen-bond donors (Lipinski definition) is 1. The zero-order valence-electron chi connectivity index (χ0n) is 14.5. The van der Waals surface area contributed by atoms with Crippen LogP contribution in [0.3, 0.4) is 0 Å². The van der Waals surface area contributed by atoms with Crippen LogP contribution in [-0.4, -0.2) is 48.2 Å². The van der Waals surface area contributed by atoms with Gasteiger partial charge in [0.25, 0.3) is 5.69 Å². The minimum Gasteiger partial charge on any atom is -0.364 e. The molecule has 1 fully saturated rings. The Morgan fingerprint density at radius 2 is 2.00 bits per heavy atom. The minimum absolute atomic E-state index is 0.150. The normalized spacial score (nSPS) is 20.4. The van der Waals surface area contributed by atoms with E-state index in [2.05, 4.69) is 4.72 Å². The molecule has 1 heterocycles. The monoisotopic (exact) mass is 389 g/mol. The lowest BCUT2D eigenvalue weighted by molar-refractivity contribution is -0.384. The van der Waals surface area contributed by atoms with Crippen LogP contribution in [0.15, 0.2) is 23.1 Å². The number of rotatable bonds is 6. The van der Waals surface area contributed by atoms with Gasteiger partial charge in [0, 0.05) is 35.7 Å². The summed E-state index contributed by atoms with van der Waals surface area (Å²) in [6.07, 6.45) is 1.43. The van der Waals surface area contributed by atoms with E-state index in [9.17, 15) is 22.7 Å². The molecule has 0 spiro atoms. The number of anilines is 1. The molecule has 1 aromatic rings. The number of nitro groups is 1. The Morgan fingerprint density at radius 3 is 2.52 bits per heavy atom. The molecular formula is C15H23N3O5S2. The average Bonchev–Trinajstić information content (AvgIpc) is 2.61. The van der Waals surface area contributed by atoms with Gasteiger partial charge in [0.2, 0.25) is 10.0 Å². The second-order valence-electron chi connectivity index (χ2n) is 5.98.